The smallest absolute Gasteiger partial charge is 0.305 e. The van der Waals surface area contributed by atoms with Gasteiger partial charge in [0.2, 0.25) is 5.95 Å². The molecule has 0 saturated heterocycles. The van der Waals surface area contributed by atoms with E-state index in [4.69, 9.17) is 9.94 Å². The van der Waals surface area contributed by atoms with E-state index < -0.39 is 36.3 Å². The van der Waals surface area contributed by atoms with E-state index in [1.807, 2.05) is 13.8 Å². The van der Waals surface area contributed by atoms with Crippen LogP contribution in [0.1, 0.15) is 55.3 Å². The van der Waals surface area contributed by atoms with Crippen LogP contribution in [0.2, 0.25) is 0 Å². The van der Waals surface area contributed by atoms with Crippen LogP contribution in [0.4, 0.5) is 10.3 Å². The Morgan fingerprint density at radius 1 is 1.32 bits per heavy atom. The van der Waals surface area contributed by atoms with E-state index in [9.17, 15) is 19.4 Å². The van der Waals surface area contributed by atoms with Gasteiger partial charge in [-0.1, -0.05) is 13.8 Å². The van der Waals surface area contributed by atoms with Crippen molar-refractivity contribution >= 4 is 11.9 Å². The van der Waals surface area contributed by atoms with Crippen LogP contribution in [0.15, 0.2) is 18.2 Å². The molecule has 3 atom stereocenters. The molecular formula is C22H28FN3O5. The Kier molecular flexibility index (Phi) is 6.88. The van der Waals surface area contributed by atoms with Crippen LogP contribution in [0, 0.1) is 5.82 Å². The van der Waals surface area contributed by atoms with Gasteiger partial charge in [0.1, 0.15) is 5.82 Å². The van der Waals surface area contributed by atoms with Crippen LogP contribution in [0.5, 0.6) is 0 Å². The molecule has 0 aliphatic heterocycles. The molecule has 2 aromatic rings. The number of rotatable bonds is 8. The molecule has 0 bridgehead atoms. The van der Waals surface area contributed by atoms with Crippen molar-refractivity contribution in [3.8, 4) is 11.3 Å². The van der Waals surface area contributed by atoms with E-state index in [0.717, 1.165) is 11.3 Å². The molecule has 168 valence electrons. The number of benzene rings is 1. The fraction of sp³-hybridized carbons (Fsp3) is 0.500. The Hall–Kier alpha value is -2.62. The van der Waals surface area contributed by atoms with E-state index in [0.29, 0.717) is 29.2 Å². The number of aliphatic carboxylic acids is 1. The first kappa shape index (κ1) is 23.1. The zero-order valence-corrected chi connectivity index (χ0v) is 18.0. The average molecular weight is 433 g/mol. The molecular weight excluding hydrogens is 405 g/mol. The van der Waals surface area contributed by atoms with Gasteiger partial charge in [0.15, 0.2) is 0 Å². The number of aromatic nitrogens is 2. The van der Waals surface area contributed by atoms with Crippen molar-refractivity contribution < 1.29 is 29.3 Å². The Bertz CT molecular complexity index is 968. The van der Waals surface area contributed by atoms with Crippen LogP contribution in [-0.4, -0.2) is 57.6 Å². The number of aliphatic hydroxyl groups excluding tert-OH is 2. The fourth-order valence-electron chi connectivity index (χ4n) is 4.07. The number of fused-ring (bicyclic) bond motifs is 3. The number of halogens is 1. The SMILES string of the molecule is CON(C)c1nc2c(c(C(C)C)n1)C[C@H]([C@@H](O)C[C@@H](O)CC(=O)O)c1cc(F)ccc1-2. The molecule has 0 spiro atoms. The minimum Gasteiger partial charge on any atom is -0.481 e. The summed E-state index contributed by atoms with van der Waals surface area (Å²) in [6, 6.07) is 4.34. The average Bonchev–Trinajstić information content (AvgIpc) is 2.70. The number of hydroxylamine groups is 1. The van der Waals surface area contributed by atoms with Crippen molar-refractivity contribution in [2.45, 2.75) is 57.2 Å². The van der Waals surface area contributed by atoms with Crippen LogP contribution in [0.3, 0.4) is 0 Å². The quantitative estimate of drug-likeness (QED) is 0.544. The summed E-state index contributed by atoms with van der Waals surface area (Å²) >= 11 is 0. The lowest BCUT2D eigenvalue weighted by Gasteiger charge is -2.33. The second-order valence-corrected chi connectivity index (χ2v) is 8.17. The van der Waals surface area contributed by atoms with Crippen molar-refractivity contribution in [3.63, 3.8) is 0 Å². The fourth-order valence-corrected chi connectivity index (χ4v) is 4.07. The molecule has 1 aromatic carbocycles. The van der Waals surface area contributed by atoms with Crippen LogP contribution < -0.4 is 5.06 Å². The first-order chi connectivity index (χ1) is 14.6. The molecule has 0 fully saturated rings. The number of anilines is 1. The molecule has 0 unspecified atom stereocenters. The maximum atomic E-state index is 14.1. The number of carboxylic acid groups (broad SMARTS) is 1. The monoisotopic (exact) mass is 433 g/mol. The maximum absolute atomic E-state index is 14.1. The molecule has 0 radical (unpaired) electrons. The van der Waals surface area contributed by atoms with E-state index in [1.165, 1.54) is 24.3 Å². The zero-order valence-electron chi connectivity index (χ0n) is 18.0. The lowest BCUT2D eigenvalue weighted by atomic mass is 9.75. The van der Waals surface area contributed by atoms with E-state index in [1.54, 1.807) is 13.1 Å². The molecule has 1 aliphatic carbocycles. The molecule has 0 amide bonds. The van der Waals surface area contributed by atoms with Crippen LogP contribution >= 0.6 is 0 Å². The summed E-state index contributed by atoms with van der Waals surface area (Å²) in [4.78, 5) is 25.4. The van der Waals surface area contributed by atoms with Gasteiger partial charge in [0.25, 0.3) is 0 Å². The third kappa shape index (κ3) is 4.84. The van der Waals surface area contributed by atoms with E-state index in [-0.39, 0.29) is 12.3 Å². The summed E-state index contributed by atoms with van der Waals surface area (Å²) in [6.07, 6.45) is -2.53. The topological polar surface area (TPSA) is 116 Å². The normalized spacial score (nSPS) is 17.1. The van der Waals surface area contributed by atoms with E-state index >= 15 is 0 Å². The second kappa shape index (κ2) is 9.25. The highest BCUT2D eigenvalue weighted by Gasteiger charge is 2.35. The Morgan fingerprint density at radius 3 is 2.65 bits per heavy atom. The van der Waals surface area contributed by atoms with E-state index in [2.05, 4.69) is 9.97 Å². The lowest BCUT2D eigenvalue weighted by Crippen LogP contribution is -2.30. The molecule has 1 aliphatic rings. The van der Waals surface area contributed by atoms with Gasteiger partial charge in [-0.05, 0) is 36.1 Å². The van der Waals surface area contributed by atoms with Crippen molar-refractivity contribution in [1.29, 1.82) is 0 Å². The predicted molar refractivity (Wildman–Crippen MR) is 112 cm³/mol. The number of hydrogen-bond acceptors (Lipinski definition) is 7. The van der Waals surface area contributed by atoms with Gasteiger partial charge in [-0.2, -0.15) is 0 Å². The molecule has 0 saturated carbocycles. The summed E-state index contributed by atoms with van der Waals surface area (Å²) in [7, 11) is 3.20. The van der Waals surface area contributed by atoms with Gasteiger partial charge in [0.05, 0.1) is 37.1 Å². The highest BCUT2D eigenvalue weighted by Crippen LogP contribution is 2.44. The molecule has 9 heteroatoms. The standard InChI is InChI=1S/C22H28FN3O5/c1-11(2)20-17-10-16(18(28)8-13(27)9-19(29)30)15-7-12(23)5-6-14(15)21(17)25-22(24-20)26(3)31-4/h5-7,11,13,16,18,27-28H,8-10H2,1-4H3,(H,29,30)/t13-,16+,18+/m1/s1. The minimum absolute atomic E-state index is 0.0538. The third-order valence-corrected chi connectivity index (χ3v) is 5.61. The number of carbonyl (C=O) groups is 1. The lowest BCUT2D eigenvalue weighted by molar-refractivity contribution is -0.139. The molecule has 1 heterocycles. The summed E-state index contributed by atoms with van der Waals surface area (Å²) in [5.74, 6) is -1.70. The van der Waals surface area contributed by atoms with Crippen LogP contribution in [0.25, 0.3) is 11.3 Å². The van der Waals surface area contributed by atoms with Crippen molar-refractivity contribution in [3.05, 3.63) is 40.8 Å². The third-order valence-electron chi connectivity index (χ3n) is 5.61. The predicted octanol–water partition coefficient (Wildman–Crippen LogP) is 2.63. The zero-order chi connectivity index (χ0) is 22.9. The number of carboxylic acids is 1. The van der Waals surface area contributed by atoms with Gasteiger partial charge in [0, 0.05) is 30.5 Å². The van der Waals surface area contributed by atoms with Gasteiger partial charge in [-0.25, -0.2) is 19.4 Å². The summed E-state index contributed by atoms with van der Waals surface area (Å²) in [6.45, 7) is 4.00. The summed E-state index contributed by atoms with van der Waals surface area (Å²) in [5, 5.41) is 31.3. The Balaban J connectivity index is 2.10. The number of hydrogen-bond donors (Lipinski definition) is 3. The minimum atomic E-state index is -1.20. The highest BCUT2D eigenvalue weighted by atomic mass is 19.1. The van der Waals surface area contributed by atoms with Gasteiger partial charge in [-0.3, -0.25) is 9.63 Å². The Morgan fingerprint density at radius 2 is 2.03 bits per heavy atom. The van der Waals surface area contributed by atoms with Crippen LogP contribution in [-0.2, 0) is 16.1 Å². The second-order valence-electron chi connectivity index (χ2n) is 8.17. The summed E-state index contributed by atoms with van der Waals surface area (Å²) < 4.78 is 14.1. The number of aliphatic hydroxyl groups is 2. The van der Waals surface area contributed by atoms with Crippen molar-refractivity contribution in [2.24, 2.45) is 0 Å². The van der Waals surface area contributed by atoms with Gasteiger partial charge < -0.3 is 15.3 Å². The molecule has 1 aromatic heterocycles. The molecule has 3 N–H and O–H groups in total. The highest BCUT2D eigenvalue weighted by molar-refractivity contribution is 5.73. The largest absolute Gasteiger partial charge is 0.481 e. The van der Waals surface area contributed by atoms with Crippen molar-refractivity contribution in [2.75, 3.05) is 19.2 Å². The first-order valence-electron chi connectivity index (χ1n) is 10.2. The van der Waals surface area contributed by atoms with Crippen molar-refractivity contribution in [1.82, 2.24) is 9.97 Å². The number of nitrogens with zero attached hydrogens (tertiary/aromatic N) is 3. The Labute approximate surface area is 180 Å². The summed E-state index contributed by atoms with van der Waals surface area (Å²) in [5.41, 5.74) is 3.54. The molecule has 8 nitrogen and oxygen atoms in total. The van der Waals surface area contributed by atoms with Gasteiger partial charge >= 0.3 is 5.97 Å². The molecule has 31 heavy (non-hydrogen) atoms. The molecule has 3 rings (SSSR count). The van der Waals surface area contributed by atoms with Gasteiger partial charge in [-0.15, -0.1) is 0 Å². The first-order valence-corrected chi connectivity index (χ1v) is 10.2. The maximum Gasteiger partial charge on any atom is 0.305 e.